The largest absolute Gasteiger partial charge is 0.495 e. The highest BCUT2D eigenvalue weighted by Gasteiger charge is 2.16. The Kier molecular flexibility index (Phi) is 3.75. The number of aromatic nitrogens is 4. The molecule has 0 saturated heterocycles. The van der Waals surface area contributed by atoms with Gasteiger partial charge in [0, 0.05) is 26.2 Å². The number of benzene rings is 1. The SMILES string of the molecule is COc1ccc([N+](=O)[O-])cc1Nc1nc2c([nH]1)c(=O)n(C)c(=O)n2C. The first-order chi connectivity index (χ1) is 11.8. The van der Waals surface area contributed by atoms with E-state index in [1.165, 1.54) is 44.0 Å². The third-order valence-electron chi connectivity index (χ3n) is 3.74. The number of imidazole rings is 1. The van der Waals surface area contributed by atoms with Crippen LogP contribution in [0.25, 0.3) is 11.2 Å². The second-order valence-corrected chi connectivity index (χ2v) is 5.26. The number of nitrogens with zero attached hydrogens (tertiary/aromatic N) is 4. The molecule has 2 N–H and O–H groups in total. The Morgan fingerprint density at radius 1 is 1.28 bits per heavy atom. The van der Waals surface area contributed by atoms with Crippen molar-refractivity contribution in [3.63, 3.8) is 0 Å². The highest BCUT2D eigenvalue weighted by atomic mass is 16.6. The summed E-state index contributed by atoms with van der Waals surface area (Å²) in [5.41, 5.74) is -0.579. The van der Waals surface area contributed by atoms with Crippen molar-refractivity contribution >= 4 is 28.5 Å². The molecular weight excluding hydrogens is 332 g/mol. The molecule has 0 amide bonds. The molecule has 0 radical (unpaired) electrons. The molecule has 0 aliphatic carbocycles. The van der Waals surface area contributed by atoms with E-state index in [9.17, 15) is 19.7 Å². The summed E-state index contributed by atoms with van der Waals surface area (Å²) in [6.45, 7) is 0. The molecule has 2 aromatic heterocycles. The van der Waals surface area contributed by atoms with Crippen LogP contribution in [0.4, 0.5) is 17.3 Å². The number of hydrogen-bond donors (Lipinski definition) is 2. The lowest BCUT2D eigenvalue weighted by Gasteiger charge is -2.08. The van der Waals surface area contributed by atoms with Crippen molar-refractivity contribution in [3.05, 3.63) is 49.2 Å². The van der Waals surface area contributed by atoms with Gasteiger partial charge in [-0.3, -0.25) is 24.0 Å². The number of aromatic amines is 1. The average Bonchev–Trinajstić information content (AvgIpc) is 3.02. The van der Waals surface area contributed by atoms with Gasteiger partial charge in [0.25, 0.3) is 11.2 Å². The summed E-state index contributed by atoms with van der Waals surface area (Å²) in [6, 6.07) is 4.03. The highest BCUT2D eigenvalue weighted by Crippen LogP contribution is 2.30. The third kappa shape index (κ3) is 2.60. The zero-order valence-corrected chi connectivity index (χ0v) is 13.6. The number of nitro benzene ring substituents is 1. The third-order valence-corrected chi connectivity index (χ3v) is 3.74. The zero-order valence-electron chi connectivity index (χ0n) is 13.6. The summed E-state index contributed by atoms with van der Waals surface area (Å²) in [7, 11) is 4.27. The predicted molar refractivity (Wildman–Crippen MR) is 89.5 cm³/mol. The second kappa shape index (κ2) is 5.78. The Morgan fingerprint density at radius 3 is 2.64 bits per heavy atom. The number of H-pyrrole nitrogens is 1. The molecule has 3 rings (SSSR count). The van der Waals surface area contributed by atoms with E-state index in [2.05, 4.69) is 15.3 Å². The minimum Gasteiger partial charge on any atom is -0.495 e. The lowest BCUT2D eigenvalue weighted by molar-refractivity contribution is -0.384. The maximum atomic E-state index is 12.2. The number of hydrogen-bond acceptors (Lipinski definition) is 7. The highest BCUT2D eigenvalue weighted by molar-refractivity contribution is 5.75. The van der Waals surface area contributed by atoms with Gasteiger partial charge in [-0.15, -0.1) is 0 Å². The lowest BCUT2D eigenvalue weighted by atomic mass is 10.2. The van der Waals surface area contributed by atoms with Crippen LogP contribution in [0.2, 0.25) is 0 Å². The number of rotatable bonds is 4. The van der Waals surface area contributed by atoms with Crippen LogP contribution >= 0.6 is 0 Å². The lowest BCUT2D eigenvalue weighted by Crippen LogP contribution is -2.36. The summed E-state index contributed by atoms with van der Waals surface area (Å²) < 4.78 is 7.35. The van der Waals surface area contributed by atoms with Gasteiger partial charge in [-0.25, -0.2) is 4.79 Å². The van der Waals surface area contributed by atoms with Gasteiger partial charge in [-0.1, -0.05) is 0 Å². The fourth-order valence-corrected chi connectivity index (χ4v) is 2.42. The van der Waals surface area contributed by atoms with Crippen LogP contribution in [-0.2, 0) is 14.1 Å². The molecule has 0 aliphatic heterocycles. The molecule has 2 heterocycles. The van der Waals surface area contributed by atoms with E-state index in [4.69, 9.17) is 4.74 Å². The summed E-state index contributed by atoms with van der Waals surface area (Å²) in [6.07, 6.45) is 0. The van der Waals surface area contributed by atoms with E-state index >= 15 is 0 Å². The van der Waals surface area contributed by atoms with Crippen LogP contribution in [0.5, 0.6) is 5.75 Å². The zero-order chi connectivity index (χ0) is 18.3. The molecule has 0 spiro atoms. The summed E-state index contributed by atoms with van der Waals surface area (Å²) in [4.78, 5) is 41.5. The molecule has 0 bridgehead atoms. The van der Waals surface area contributed by atoms with E-state index in [0.717, 1.165) is 4.57 Å². The molecular formula is C14H14N6O5. The Labute approximate surface area is 139 Å². The standard InChI is InChI=1S/C14H14N6O5/c1-18-11-10(12(21)19(2)14(18)22)16-13(17-11)15-8-6-7(20(23)24)4-5-9(8)25-3/h4-6H,1-3H3,(H2,15,16,17). The number of ether oxygens (including phenoxy) is 1. The molecule has 25 heavy (non-hydrogen) atoms. The Morgan fingerprint density at radius 2 is 2.00 bits per heavy atom. The van der Waals surface area contributed by atoms with Gasteiger partial charge in [0.15, 0.2) is 11.2 Å². The topological polar surface area (TPSA) is 137 Å². The van der Waals surface area contributed by atoms with Crippen molar-refractivity contribution < 1.29 is 9.66 Å². The minimum atomic E-state index is -0.539. The molecule has 0 aliphatic rings. The van der Waals surface area contributed by atoms with E-state index in [0.29, 0.717) is 5.75 Å². The minimum absolute atomic E-state index is 0.136. The summed E-state index contributed by atoms with van der Waals surface area (Å²) in [5, 5.41) is 13.8. The van der Waals surface area contributed by atoms with Gasteiger partial charge < -0.3 is 15.0 Å². The van der Waals surface area contributed by atoms with Crippen LogP contribution in [0.3, 0.4) is 0 Å². The van der Waals surface area contributed by atoms with Crippen molar-refractivity contribution in [3.8, 4) is 5.75 Å². The molecule has 0 saturated carbocycles. The number of nitrogens with one attached hydrogen (secondary N) is 2. The average molecular weight is 346 g/mol. The van der Waals surface area contributed by atoms with Gasteiger partial charge in [0.05, 0.1) is 17.7 Å². The van der Waals surface area contributed by atoms with Crippen molar-refractivity contribution in [1.29, 1.82) is 0 Å². The molecule has 1 aromatic carbocycles. The first kappa shape index (κ1) is 16.2. The van der Waals surface area contributed by atoms with Crippen LogP contribution in [0, 0.1) is 10.1 Å². The van der Waals surface area contributed by atoms with E-state index in [1.54, 1.807) is 0 Å². The van der Waals surface area contributed by atoms with Crippen molar-refractivity contribution in [2.75, 3.05) is 12.4 Å². The van der Waals surface area contributed by atoms with Crippen molar-refractivity contribution in [2.45, 2.75) is 0 Å². The van der Waals surface area contributed by atoms with Crippen LogP contribution in [-0.4, -0.2) is 31.1 Å². The first-order valence-corrected chi connectivity index (χ1v) is 7.08. The van der Waals surface area contributed by atoms with E-state index < -0.39 is 16.2 Å². The second-order valence-electron chi connectivity index (χ2n) is 5.26. The molecule has 11 nitrogen and oxygen atoms in total. The summed E-state index contributed by atoms with van der Waals surface area (Å²) in [5.74, 6) is 0.500. The fraction of sp³-hybridized carbons (Fsp3) is 0.214. The van der Waals surface area contributed by atoms with Crippen molar-refractivity contribution in [1.82, 2.24) is 19.1 Å². The van der Waals surface area contributed by atoms with Gasteiger partial charge in [-0.05, 0) is 6.07 Å². The number of anilines is 2. The van der Waals surface area contributed by atoms with Gasteiger partial charge in [0.2, 0.25) is 5.95 Å². The predicted octanol–water partition coefficient (Wildman–Crippen LogP) is 0.621. The molecule has 0 atom stereocenters. The molecule has 3 aromatic rings. The number of non-ortho nitro benzene ring substituents is 1. The quantitative estimate of drug-likeness (QED) is 0.522. The molecule has 11 heteroatoms. The van der Waals surface area contributed by atoms with Crippen LogP contribution in [0.15, 0.2) is 27.8 Å². The van der Waals surface area contributed by atoms with Gasteiger partial charge in [0.1, 0.15) is 5.75 Å². The smallest absolute Gasteiger partial charge is 0.332 e. The van der Waals surface area contributed by atoms with Gasteiger partial charge >= 0.3 is 5.69 Å². The van der Waals surface area contributed by atoms with E-state index in [-0.39, 0.29) is 28.5 Å². The molecule has 0 fully saturated rings. The first-order valence-electron chi connectivity index (χ1n) is 7.08. The van der Waals surface area contributed by atoms with Crippen LogP contribution in [0.1, 0.15) is 0 Å². The van der Waals surface area contributed by atoms with E-state index in [1.807, 2.05) is 0 Å². The Hall–Kier alpha value is -3.63. The molecule has 0 unspecified atom stereocenters. The maximum Gasteiger partial charge on any atom is 0.332 e. The monoisotopic (exact) mass is 346 g/mol. The maximum absolute atomic E-state index is 12.2. The van der Waals surface area contributed by atoms with Gasteiger partial charge in [-0.2, -0.15) is 4.98 Å². The summed E-state index contributed by atoms with van der Waals surface area (Å²) >= 11 is 0. The number of nitro groups is 1. The van der Waals surface area contributed by atoms with Crippen LogP contribution < -0.4 is 21.3 Å². The Bertz CT molecular complexity index is 1110. The molecule has 130 valence electrons. The van der Waals surface area contributed by atoms with Crippen molar-refractivity contribution in [2.24, 2.45) is 14.1 Å². The number of aryl methyl sites for hydroxylation is 1. The fourth-order valence-electron chi connectivity index (χ4n) is 2.42. The normalized spacial score (nSPS) is 10.8. The Balaban J connectivity index is 2.13. The number of fused-ring (bicyclic) bond motifs is 1. The number of methoxy groups -OCH3 is 1.